The number of hydrogen-bond acceptors (Lipinski definition) is 8. The number of sulfonamides is 1. The number of aryl methyl sites for hydroxylation is 1. The Labute approximate surface area is 210 Å². The van der Waals surface area contributed by atoms with E-state index in [2.05, 4.69) is 0 Å². The molecule has 0 aliphatic heterocycles. The third-order valence-corrected chi connectivity index (χ3v) is 7.06. The Hall–Kier alpha value is -4.78. The van der Waals surface area contributed by atoms with Crippen LogP contribution < -0.4 is 9.46 Å². The monoisotopic (exact) mass is 524 g/mol. The largest absolute Gasteiger partial charge is 0.496 e. The summed E-state index contributed by atoms with van der Waals surface area (Å²) in [5.74, 6) is -0.872. The number of nitrogens with zero attached hydrogens (tertiary/aromatic N) is 3. The summed E-state index contributed by atoms with van der Waals surface area (Å²) in [6, 6.07) is 13.5. The zero-order valence-electron chi connectivity index (χ0n) is 19.6. The van der Waals surface area contributed by atoms with Gasteiger partial charge in [0, 0.05) is 48.4 Å². The van der Waals surface area contributed by atoms with Crippen molar-refractivity contribution < 1.29 is 27.8 Å². The van der Waals surface area contributed by atoms with E-state index in [9.17, 15) is 33.4 Å². The molecule has 4 aromatic rings. The maximum atomic E-state index is 13.0. The first-order chi connectivity index (χ1) is 17.5. The number of methoxy groups -OCH3 is 1. The lowest BCUT2D eigenvalue weighted by Gasteiger charge is -2.12. The van der Waals surface area contributed by atoms with Gasteiger partial charge in [-0.15, -0.1) is 0 Å². The van der Waals surface area contributed by atoms with Crippen LogP contribution in [0.4, 0.5) is 11.4 Å². The zero-order valence-corrected chi connectivity index (χ0v) is 20.4. The van der Waals surface area contributed by atoms with E-state index < -0.39 is 36.4 Å². The summed E-state index contributed by atoms with van der Waals surface area (Å²) in [7, 11) is -1.29. The van der Waals surface area contributed by atoms with Crippen molar-refractivity contribution in [1.82, 2.24) is 9.29 Å². The maximum absolute atomic E-state index is 13.0. The fourth-order valence-corrected chi connectivity index (χ4v) is 4.98. The number of hydrogen-bond donors (Lipinski definition) is 1. The molecule has 0 unspecified atom stereocenters. The Kier molecular flexibility index (Phi) is 6.64. The summed E-state index contributed by atoms with van der Waals surface area (Å²) in [6.07, 6.45) is 2.12. The highest BCUT2D eigenvalue weighted by molar-refractivity contribution is 7.90. The van der Waals surface area contributed by atoms with Gasteiger partial charge in [0.05, 0.1) is 27.4 Å². The second kappa shape index (κ2) is 9.70. The number of nitro groups is 2. The average Bonchev–Trinajstić information content (AvgIpc) is 3.18. The lowest BCUT2D eigenvalue weighted by atomic mass is 10.0. The molecule has 0 aliphatic carbocycles. The van der Waals surface area contributed by atoms with E-state index in [1.807, 2.05) is 22.5 Å². The molecule has 0 atom stereocenters. The number of amides is 1. The number of non-ortho nitro benzene ring substituents is 2. The van der Waals surface area contributed by atoms with Crippen molar-refractivity contribution in [2.75, 3.05) is 7.11 Å². The van der Waals surface area contributed by atoms with Crippen molar-refractivity contribution in [2.24, 2.45) is 7.05 Å². The van der Waals surface area contributed by atoms with Gasteiger partial charge in [-0.1, -0.05) is 12.1 Å². The van der Waals surface area contributed by atoms with E-state index in [0.29, 0.717) is 17.4 Å². The molecule has 1 N–H and O–H groups in total. The standard InChI is InChI=1S/C24H20N4O8S/c1-26-14-16(20-13-18(28(32)33)7-8-22(20)26)10-15-6-9-23(36-2)21(11-15)24(29)25-37(34,35)19-5-3-4-17(12-19)27(30)31/h3-9,11-14H,10H2,1-2H3,(H,25,29). The fraction of sp³-hybridized carbons (Fsp3) is 0.125. The van der Waals surface area contributed by atoms with Crippen LogP contribution in [0.3, 0.4) is 0 Å². The predicted octanol–water partition coefficient (Wildman–Crippen LogP) is 3.71. The summed E-state index contributed by atoms with van der Waals surface area (Å²) in [5, 5.41) is 22.9. The number of rotatable bonds is 8. The number of benzene rings is 3. The molecule has 12 nitrogen and oxygen atoms in total. The average molecular weight is 525 g/mol. The van der Waals surface area contributed by atoms with Gasteiger partial charge in [0.15, 0.2) is 0 Å². The lowest BCUT2D eigenvalue weighted by molar-refractivity contribution is -0.385. The molecule has 0 bridgehead atoms. The molecular weight excluding hydrogens is 504 g/mol. The molecule has 0 saturated carbocycles. The highest BCUT2D eigenvalue weighted by Crippen LogP contribution is 2.29. The summed E-state index contributed by atoms with van der Waals surface area (Å²) < 4.78 is 34.5. The normalized spacial score (nSPS) is 11.3. The molecule has 190 valence electrons. The lowest BCUT2D eigenvalue weighted by Crippen LogP contribution is -2.31. The SMILES string of the molecule is COc1ccc(Cc2cn(C)c3ccc([N+](=O)[O-])cc23)cc1C(=O)NS(=O)(=O)c1cccc([N+](=O)[O-])c1. The third-order valence-electron chi connectivity index (χ3n) is 5.74. The van der Waals surface area contributed by atoms with Crippen LogP contribution in [0.1, 0.15) is 21.5 Å². The van der Waals surface area contributed by atoms with Crippen LogP contribution in [0.15, 0.2) is 71.8 Å². The Morgan fingerprint density at radius 3 is 2.38 bits per heavy atom. The van der Waals surface area contributed by atoms with Gasteiger partial charge in [0.2, 0.25) is 0 Å². The van der Waals surface area contributed by atoms with Crippen molar-refractivity contribution in [1.29, 1.82) is 0 Å². The van der Waals surface area contributed by atoms with Crippen LogP contribution in [0.5, 0.6) is 5.75 Å². The van der Waals surface area contributed by atoms with Gasteiger partial charge in [-0.2, -0.15) is 0 Å². The van der Waals surface area contributed by atoms with E-state index in [1.165, 1.54) is 37.4 Å². The van der Waals surface area contributed by atoms with Gasteiger partial charge in [-0.05, 0) is 41.8 Å². The van der Waals surface area contributed by atoms with E-state index in [0.717, 1.165) is 29.3 Å². The number of fused-ring (bicyclic) bond motifs is 1. The summed E-state index contributed by atoms with van der Waals surface area (Å²) >= 11 is 0. The third kappa shape index (κ3) is 5.11. The Bertz CT molecular complexity index is 1680. The van der Waals surface area contributed by atoms with E-state index in [4.69, 9.17) is 4.74 Å². The second-order valence-corrected chi connectivity index (χ2v) is 9.81. The molecule has 0 radical (unpaired) electrons. The molecule has 3 aromatic carbocycles. The molecule has 4 rings (SSSR count). The van der Waals surface area contributed by atoms with Gasteiger partial charge in [-0.3, -0.25) is 25.0 Å². The van der Waals surface area contributed by atoms with Gasteiger partial charge < -0.3 is 9.30 Å². The number of nitro benzene ring substituents is 2. The van der Waals surface area contributed by atoms with Crippen LogP contribution in [0, 0.1) is 20.2 Å². The molecule has 0 spiro atoms. The number of nitrogens with one attached hydrogen (secondary N) is 1. The molecule has 0 saturated heterocycles. The first-order valence-corrected chi connectivity index (χ1v) is 12.2. The Balaban J connectivity index is 1.67. The molecule has 0 fully saturated rings. The highest BCUT2D eigenvalue weighted by atomic mass is 32.2. The van der Waals surface area contributed by atoms with Crippen LogP contribution >= 0.6 is 0 Å². The maximum Gasteiger partial charge on any atom is 0.270 e. The topological polar surface area (TPSA) is 164 Å². The highest BCUT2D eigenvalue weighted by Gasteiger charge is 2.23. The Morgan fingerprint density at radius 2 is 1.70 bits per heavy atom. The zero-order chi connectivity index (χ0) is 26.9. The van der Waals surface area contributed by atoms with Crippen molar-refractivity contribution in [3.63, 3.8) is 0 Å². The van der Waals surface area contributed by atoms with Crippen LogP contribution in [-0.2, 0) is 23.5 Å². The van der Waals surface area contributed by atoms with E-state index in [1.54, 1.807) is 12.1 Å². The smallest absolute Gasteiger partial charge is 0.270 e. The molecule has 13 heteroatoms. The minimum Gasteiger partial charge on any atom is -0.496 e. The second-order valence-electron chi connectivity index (χ2n) is 8.12. The number of carbonyl (C=O) groups excluding carboxylic acids is 1. The van der Waals surface area contributed by atoms with Crippen LogP contribution in [-0.4, -0.2) is 35.8 Å². The Morgan fingerprint density at radius 1 is 1.00 bits per heavy atom. The van der Waals surface area contributed by atoms with Gasteiger partial charge in [-0.25, -0.2) is 13.1 Å². The summed E-state index contributed by atoms with van der Waals surface area (Å²) in [5.41, 5.74) is 1.61. The van der Waals surface area contributed by atoms with Crippen molar-refractivity contribution in [3.05, 3.63) is 104 Å². The number of ether oxygens (including phenoxy) is 1. The van der Waals surface area contributed by atoms with Crippen molar-refractivity contribution in [3.8, 4) is 5.75 Å². The molecule has 0 aliphatic rings. The van der Waals surface area contributed by atoms with Gasteiger partial charge in [0.1, 0.15) is 5.75 Å². The van der Waals surface area contributed by atoms with Gasteiger partial charge in [0.25, 0.3) is 27.3 Å². The first kappa shape index (κ1) is 25.3. The summed E-state index contributed by atoms with van der Waals surface area (Å²) in [6.45, 7) is 0. The minimum atomic E-state index is -4.43. The number of aromatic nitrogens is 1. The minimum absolute atomic E-state index is 0.0545. The molecule has 1 heterocycles. The molecule has 1 aromatic heterocycles. The predicted molar refractivity (Wildman–Crippen MR) is 133 cm³/mol. The fourth-order valence-electron chi connectivity index (χ4n) is 3.98. The first-order valence-electron chi connectivity index (χ1n) is 10.7. The van der Waals surface area contributed by atoms with Crippen LogP contribution in [0.2, 0.25) is 0 Å². The van der Waals surface area contributed by atoms with Gasteiger partial charge >= 0.3 is 0 Å². The quantitative estimate of drug-likeness (QED) is 0.269. The van der Waals surface area contributed by atoms with Crippen LogP contribution in [0.25, 0.3) is 10.9 Å². The van der Waals surface area contributed by atoms with Crippen molar-refractivity contribution in [2.45, 2.75) is 11.3 Å². The van der Waals surface area contributed by atoms with E-state index >= 15 is 0 Å². The molecular formula is C24H20N4O8S. The van der Waals surface area contributed by atoms with Crippen molar-refractivity contribution >= 4 is 38.2 Å². The molecule has 37 heavy (non-hydrogen) atoms. The van der Waals surface area contributed by atoms with E-state index in [-0.39, 0.29) is 17.0 Å². The summed E-state index contributed by atoms with van der Waals surface area (Å²) in [4.78, 5) is 33.6. The number of carbonyl (C=O) groups is 1. The molecule has 1 amide bonds.